The van der Waals surface area contributed by atoms with Crippen molar-refractivity contribution in [3.8, 4) is 5.75 Å². The Morgan fingerprint density at radius 1 is 0.894 bits per heavy atom. The normalized spacial score (nSPS) is 15.6. The summed E-state index contributed by atoms with van der Waals surface area (Å²) in [5.74, 6) is -0.246. The Balaban J connectivity index is 1.32. The van der Waals surface area contributed by atoms with Gasteiger partial charge in [0.1, 0.15) is 5.75 Å². The van der Waals surface area contributed by atoms with Gasteiger partial charge in [-0.25, -0.2) is 4.79 Å². The number of nitrogens with one attached hydrogen (secondary N) is 3. The van der Waals surface area contributed by atoms with E-state index in [2.05, 4.69) is 15.6 Å². The number of hydrogen-bond donors (Lipinski definition) is 3. The zero-order valence-corrected chi connectivity index (χ0v) is 25.3. The highest BCUT2D eigenvalue weighted by Gasteiger charge is 2.39. The van der Waals surface area contributed by atoms with Gasteiger partial charge in [-0.3, -0.25) is 4.79 Å². The van der Waals surface area contributed by atoms with Crippen LogP contribution in [0.15, 0.2) is 72.9 Å². The zero-order valence-electron chi connectivity index (χ0n) is 25.3. The average Bonchev–Trinajstić information content (AvgIpc) is 3.46. The molecule has 8 nitrogen and oxygen atoms in total. The van der Waals surface area contributed by atoms with Crippen LogP contribution in [0, 0.1) is 0 Å². The van der Waals surface area contributed by atoms with Gasteiger partial charge in [0.25, 0.3) is 5.91 Å². The van der Waals surface area contributed by atoms with E-state index in [1.165, 1.54) is 9.80 Å². The third-order valence-corrected chi connectivity index (χ3v) is 8.08. The maximum absolute atomic E-state index is 13.7. The van der Waals surface area contributed by atoms with E-state index in [1.54, 1.807) is 13.3 Å². The summed E-state index contributed by atoms with van der Waals surface area (Å²) in [6.07, 6.45) is -8.26. The number of carbonyl (C=O) groups is 2. The standard InChI is InChI=1S/C33H33F6N5O3/c1-47-29-9-5-2-6-21(29)18-40-10-11-41-31(46)43-12-13-44(26(20-43)16-23-19-42-28-8-4-3-7-27(23)28)30(45)22-14-24(32(34,35)36)17-25(15-22)33(37,38)39/h2-9,14-15,17,19,26,40,42H,10-13,16,18,20H2,1H3,(H,41,46)/t26-/m1/s1. The predicted octanol–water partition coefficient (Wildman–Crippen LogP) is 6.08. The van der Waals surface area contributed by atoms with Gasteiger partial charge in [0.05, 0.1) is 24.3 Å². The van der Waals surface area contributed by atoms with Crippen molar-refractivity contribution in [1.29, 1.82) is 0 Å². The van der Waals surface area contributed by atoms with Gasteiger partial charge >= 0.3 is 18.4 Å². The Labute approximate surface area is 266 Å². The highest BCUT2D eigenvalue weighted by Crippen LogP contribution is 2.37. The lowest BCUT2D eigenvalue weighted by molar-refractivity contribution is -0.143. The van der Waals surface area contributed by atoms with Gasteiger partial charge in [-0.05, 0) is 42.3 Å². The maximum Gasteiger partial charge on any atom is 0.416 e. The van der Waals surface area contributed by atoms with Gasteiger partial charge in [-0.1, -0.05) is 36.4 Å². The van der Waals surface area contributed by atoms with Crippen molar-refractivity contribution in [2.75, 3.05) is 39.8 Å². The zero-order chi connectivity index (χ0) is 33.8. The quantitative estimate of drug-likeness (QED) is 0.150. The summed E-state index contributed by atoms with van der Waals surface area (Å²) >= 11 is 0. The second-order valence-electron chi connectivity index (χ2n) is 11.2. The lowest BCUT2D eigenvalue weighted by atomic mass is 9.99. The monoisotopic (exact) mass is 661 g/mol. The van der Waals surface area contributed by atoms with Gasteiger partial charge in [-0.2, -0.15) is 26.3 Å². The Kier molecular flexibility index (Phi) is 9.99. The number of rotatable bonds is 9. The van der Waals surface area contributed by atoms with Crippen molar-refractivity contribution >= 4 is 22.8 Å². The topological polar surface area (TPSA) is 89.7 Å². The summed E-state index contributed by atoms with van der Waals surface area (Å²) < 4.78 is 86.8. The molecule has 0 unspecified atom stereocenters. The first kappa shape index (κ1) is 33.6. The van der Waals surface area contributed by atoms with Crippen LogP contribution in [0.5, 0.6) is 5.75 Å². The van der Waals surface area contributed by atoms with Crippen LogP contribution in [0.25, 0.3) is 10.9 Å². The Morgan fingerprint density at radius 3 is 2.28 bits per heavy atom. The number of piperazine rings is 1. The van der Waals surface area contributed by atoms with Crippen LogP contribution < -0.4 is 15.4 Å². The van der Waals surface area contributed by atoms with Crippen LogP contribution in [-0.4, -0.2) is 72.6 Å². The van der Waals surface area contributed by atoms with Crippen LogP contribution in [0.4, 0.5) is 31.1 Å². The van der Waals surface area contributed by atoms with E-state index in [9.17, 15) is 35.9 Å². The van der Waals surface area contributed by atoms with Gasteiger partial charge in [0.2, 0.25) is 0 Å². The summed E-state index contributed by atoms with van der Waals surface area (Å²) in [4.78, 5) is 32.7. The van der Waals surface area contributed by atoms with Crippen molar-refractivity contribution in [2.24, 2.45) is 0 Å². The minimum absolute atomic E-state index is 0.00626. The number of carbonyl (C=O) groups excluding carboxylic acids is 2. The molecule has 1 atom stereocenters. The largest absolute Gasteiger partial charge is 0.496 e. The first-order valence-electron chi connectivity index (χ1n) is 14.9. The number of fused-ring (bicyclic) bond motifs is 1. The second kappa shape index (κ2) is 14.0. The third kappa shape index (κ3) is 7.99. The highest BCUT2D eigenvalue weighted by molar-refractivity contribution is 5.95. The number of aromatic nitrogens is 1. The number of urea groups is 1. The molecule has 4 aromatic rings. The number of aromatic amines is 1. The molecule has 0 aliphatic carbocycles. The van der Waals surface area contributed by atoms with E-state index in [0.29, 0.717) is 25.2 Å². The fourth-order valence-electron chi connectivity index (χ4n) is 5.72. The molecule has 0 spiro atoms. The Morgan fingerprint density at radius 2 is 1.57 bits per heavy atom. The minimum atomic E-state index is -5.10. The van der Waals surface area contributed by atoms with E-state index < -0.39 is 47.0 Å². The number of ether oxygens (including phenoxy) is 1. The molecule has 0 radical (unpaired) electrons. The molecule has 1 aliphatic rings. The molecule has 3 N–H and O–H groups in total. The van der Waals surface area contributed by atoms with Gasteiger partial charge in [0.15, 0.2) is 0 Å². The molecule has 3 amide bonds. The molecular weight excluding hydrogens is 628 g/mol. The molecule has 3 aromatic carbocycles. The molecule has 0 bridgehead atoms. The molecule has 1 fully saturated rings. The van der Waals surface area contributed by atoms with E-state index in [0.717, 1.165) is 27.8 Å². The van der Waals surface area contributed by atoms with Crippen molar-refractivity contribution in [2.45, 2.75) is 31.4 Å². The molecule has 2 heterocycles. The van der Waals surface area contributed by atoms with E-state index in [-0.39, 0.29) is 38.7 Å². The van der Waals surface area contributed by atoms with Gasteiger partial charge in [0, 0.05) is 67.5 Å². The lowest BCUT2D eigenvalue weighted by Gasteiger charge is -2.41. The molecule has 0 saturated carbocycles. The molecular formula is C33H33F6N5O3. The Hall–Kier alpha value is -4.72. The van der Waals surface area contributed by atoms with Crippen molar-refractivity contribution < 1.29 is 40.7 Å². The molecule has 250 valence electrons. The average molecular weight is 662 g/mol. The van der Waals surface area contributed by atoms with Crippen LogP contribution in [-0.2, 0) is 25.3 Å². The van der Waals surface area contributed by atoms with Crippen molar-refractivity contribution in [3.63, 3.8) is 0 Å². The molecule has 1 saturated heterocycles. The number of para-hydroxylation sites is 2. The molecule has 1 aliphatic heterocycles. The number of alkyl halides is 6. The van der Waals surface area contributed by atoms with Crippen LogP contribution in [0.1, 0.15) is 32.6 Å². The summed E-state index contributed by atoms with van der Waals surface area (Å²) in [6, 6.07) is 14.6. The highest BCUT2D eigenvalue weighted by atomic mass is 19.4. The molecule has 47 heavy (non-hydrogen) atoms. The summed E-state index contributed by atoms with van der Waals surface area (Å²) in [6.45, 7) is 1.18. The number of amides is 3. The Bertz CT molecular complexity index is 1690. The van der Waals surface area contributed by atoms with Crippen molar-refractivity contribution in [1.82, 2.24) is 25.4 Å². The number of methoxy groups -OCH3 is 1. The van der Waals surface area contributed by atoms with Crippen LogP contribution >= 0.6 is 0 Å². The first-order chi connectivity index (χ1) is 22.3. The molecule has 5 rings (SSSR count). The summed E-state index contributed by atoms with van der Waals surface area (Å²) in [5.41, 5.74) is -1.31. The summed E-state index contributed by atoms with van der Waals surface area (Å²) in [5, 5.41) is 6.91. The van der Waals surface area contributed by atoms with E-state index in [4.69, 9.17) is 4.74 Å². The number of benzene rings is 3. The lowest BCUT2D eigenvalue weighted by Crippen LogP contribution is -2.59. The first-order valence-corrected chi connectivity index (χ1v) is 14.9. The minimum Gasteiger partial charge on any atom is -0.496 e. The predicted molar refractivity (Wildman–Crippen MR) is 163 cm³/mol. The summed E-state index contributed by atoms with van der Waals surface area (Å²) in [7, 11) is 1.58. The molecule has 14 heteroatoms. The van der Waals surface area contributed by atoms with E-state index in [1.807, 2.05) is 48.5 Å². The fourth-order valence-corrected chi connectivity index (χ4v) is 5.72. The van der Waals surface area contributed by atoms with Crippen molar-refractivity contribution in [3.05, 3.63) is 101 Å². The van der Waals surface area contributed by atoms with Gasteiger partial charge < -0.3 is 30.2 Å². The second-order valence-corrected chi connectivity index (χ2v) is 11.2. The maximum atomic E-state index is 13.7. The third-order valence-electron chi connectivity index (χ3n) is 8.08. The van der Waals surface area contributed by atoms with Crippen LogP contribution in [0.3, 0.4) is 0 Å². The number of halogens is 6. The smallest absolute Gasteiger partial charge is 0.416 e. The van der Waals surface area contributed by atoms with Crippen LogP contribution in [0.2, 0.25) is 0 Å². The number of H-pyrrole nitrogens is 1. The SMILES string of the molecule is COc1ccccc1CNCCNC(=O)N1CCN(C(=O)c2cc(C(F)(F)F)cc(C(F)(F)F)c2)[C@H](Cc2c[nH]c3ccccc23)C1. The van der Waals surface area contributed by atoms with Gasteiger partial charge in [-0.15, -0.1) is 0 Å². The number of nitrogens with zero attached hydrogens (tertiary/aromatic N) is 2. The number of hydrogen-bond acceptors (Lipinski definition) is 4. The fraction of sp³-hybridized carbons (Fsp3) is 0.333. The molecule has 1 aromatic heterocycles. The van der Waals surface area contributed by atoms with E-state index >= 15 is 0 Å².